The molecule has 20 heavy (non-hydrogen) atoms. The minimum atomic E-state index is -0.00287. The SMILES string of the molecule is Cc1ccccc1CNC(=O)N1CCN(CCO)CC1. The predicted molar refractivity (Wildman–Crippen MR) is 78.5 cm³/mol. The zero-order valence-electron chi connectivity index (χ0n) is 12.0. The number of carbonyl (C=O) groups is 1. The van der Waals surface area contributed by atoms with Crippen LogP contribution in [0, 0.1) is 6.92 Å². The third-order valence-electron chi connectivity index (χ3n) is 3.77. The molecule has 2 rings (SSSR count). The highest BCUT2D eigenvalue weighted by Crippen LogP contribution is 2.07. The quantitative estimate of drug-likeness (QED) is 0.856. The molecule has 5 nitrogen and oxygen atoms in total. The Morgan fingerprint density at radius 2 is 1.95 bits per heavy atom. The Bertz CT molecular complexity index is 442. The Hall–Kier alpha value is -1.59. The number of benzene rings is 1. The van der Waals surface area contributed by atoms with E-state index in [0.717, 1.165) is 31.7 Å². The van der Waals surface area contributed by atoms with Gasteiger partial charge in [0.05, 0.1) is 6.61 Å². The molecule has 0 aromatic heterocycles. The van der Waals surface area contributed by atoms with E-state index in [1.54, 1.807) is 0 Å². The predicted octanol–water partition coefficient (Wildman–Crippen LogP) is 0.815. The molecule has 0 unspecified atom stereocenters. The maximum absolute atomic E-state index is 12.1. The van der Waals surface area contributed by atoms with Crippen molar-refractivity contribution in [2.75, 3.05) is 39.3 Å². The molecule has 1 fully saturated rings. The average Bonchev–Trinajstić information content (AvgIpc) is 2.47. The topological polar surface area (TPSA) is 55.8 Å². The summed E-state index contributed by atoms with van der Waals surface area (Å²) >= 11 is 0. The first-order valence-electron chi connectivity index (χ1n) is 7.11. The van der Waals surface area contributed by atoms with Crippen molar-refractivity contribution in [2.24, 2.45) is 0 Å². The summed E-state index contributed by atoms with van der Waals surface area (Å²) in [4.78, 5) is 16.1. The minimum Gasteiger partial charge on any atom is -0.395 e. The summed E-state index contributed by atoms with van der Waals surface area (Å²) in [5.74, 6) is 0. The van der Waals surface area contributed by atoms with Crippen LogP contribution in [0.2, 0.25) is 0 Å². The molecule has 2 amide bonds. The molecule has 1 saturated heterocycles. The van der Waals surface area contributed by atoms with Crippen molar-refractivity contribution in [3.8, 4) is 0 Å². The number of carbonyl (C=O) groups excluding carboxylic acids is 1. The lowest BCUT2D eigenvalue weighted by Gasteiger charge is -2.34. The van der Waals surface area contributed by atoms with Gasteiger partial charge in [-0.2, -0.15) is 0 Å². The van der Waals surface area contributed by atoms with Gasteiger partial charge in [0, 0.05) is 39.3 Å². The number of hydrogen-bond acceptors (Lipinski definition) is 3. The summed E-state index contributed by atoms with van der Waals surface area (Å²) in [6.45, 7) is 6.60. The number of hydrogen-bond donors (Lipinski definition) is 2. The lowest BCUT2D eigenvalue weighted by Crippen LogP contribution is -2.52. The summed E-state index contributed by atoms with van der Waals surface area (Å²) in [6.07, 6.45) is 0. The molecule has 2 N–H and O–H groups in total. The Balaban J connectivity index is 1.77. The molecule has 0 spiro atoms. The van der Waals surface area contributed by atoms with Gasteiger partial charge in [-0.3, -0.25) is 4.90 Å². The van der Waals surface area contributed by atoms with E-state index in [1.807, 2.05) is 23.1 Å². The molecular formula is C15H23N3O2. The number of rotatable bonds is 4. The maximum atomic E-state index is 12.1. The molecule has 1 heterocycles. The van der Waals surface area contributed by atoms with Crippen LogP contribution in [0.3, 0.4) is 0 Å². The average molecular weight is 277 g/mol. The number of urea groups is 1. The molecule has 0 atom stereocenters. The van der Waals surface area contributed by atoms with Crippen molar-refractivity contribution in [3.63, 3.8) is 0 Å². The molecule has 5 heteroatoms. The highest BCUT2D eigenvalue weighted by atomic mass is 16.3. The minimum absolute atomic E-state index is 0.00287. The van der Waals surface area contributed by atoms with Gasteiger partial charge in [-0.05, 0) is 18.1 Å². The maximum Gasteiger partial charge on any atom is 0.317 e. The van der Waals surface area contributed by atoms with Gasteiger partial charge in [0.25, 0.3) is 0 Å². The zero-order valence-corrected chi connectivity index (χ0v) is 12.0. The molecule has 0 bridgehead atoms. The second kappa shape index (κ2) is 7.26. The van der Waals surface area contributed by atoms with Crippen molar-refractivity contribution in [1.29, 1.82) is 0 Å². The fourth-order valence-corrected chi connectivity index (χ4v) is 2.41. The molecule has 1 aliphatic heterocycles. The van der Waals surface area contributed by atoms with Crippen LogP contribution < -0.4 is 5.32 Å². The van der Waals surface area contributed by atoms with Gasteiger partial charge in [-0.15, -0.1) is 0 Å². The Morgan fingerprint density at radius 3 is 2.60 bits per heavy atom. The molecule has 0 radical (unpaired) electrons. The monoisotopic (exact) mass is 277 g/mol. The van der Waals surface area contributed by atoms with E-state index >= 15 is 0 Å². The fourth-order valence-electron chi connectivity index (χ4n) is 2.41. The summed E-state index contributed by atoms with van der Waals surface area (Å²) in [6, 6.07) is 8.07. The second-order valence-corrected chi connectivity index (χ2v) is 5.14. The van der Waals surface area contributed by atoms with Crippen LogP contribution in [-0.4, -0.2) is 60.3 Å². The van der Waals surface area contributed by atoms with Gasteiger partial charge in [0.15, 0.2) is 0 Å². The van der Waals surface area contributed by atoms with Gasteiger partial charge in [-0.25, -0.2) is 4.79 Å². The number of nitrogens with zero attached hydrogens (tertiary/aromatic N) is 2. The second-order valence-electron chi connectivity index (χ2n) is 5.14. The highest BCUT2D eigenvalue weighted by Gasteiger charge is 2.20. The molecule has 110 valence electrons. The van der Waals surface area contributed by atoms with Crippen LogP contribution in [0.5, 0.6) is 0 Å². The van der Waals surface area contributed by atoms with Gasteiger partial charge < -0.3 is 15.3 Å². The fraction of sp³-hybridized carbons (Fsp3) is 0.533. The molecule has 1 aromatic carbocycles. The lowest BCUT2D eigenvalue weighted by molar-refractivity contribution is 0.122. The van der Waals surface area contributed by atoms with Gasteiger partial charge >= 0.3 is 6.03 Å². The number of β-amino-alcohol motifs (C(OH)–C–C–N with tert-alkyl or cyclic N) is 1. The Morgan fingerprint density at radius 1 is 1.25 bits per heavy atom. The normalized spacial score (nSPS) is 16.2. The standard InChI is InChI=1S/C15H23N3O2/c1-13-4-2-3-5-14(13)12-16-15(20)18-8-6-17(7-9-18)10-11-19/h2-5,19H,6-12H2,1H3,(H,16,20). The highest BCUT2D eigenvalue weighted by molar-refractivity contribution is 5.74. The summed E-state index contributed by atoms with van der Waals surface area (Å²) in [5, 5.41) is 11.9. The Labute approximate surface area is 120 Å². The van der Waals surface area contributed by atoms with E-state index in [2.05, 4.69) is 23.2 Å². The van der Waals surface area contributed by atoms with Crippen LogP contribution >= 0.6 is 0 Å². The first-order valence-corrected chi connectivity index (χ1v) is 7.11. The van der Waals surface area contributed by atoms with E-state index in [9.17, 15) is 4.79 Å². The van der Waals surface area contributed by atoms with E-state index in [1.165, 1.54) is 5.56 Å². The van der Waals surface area contributed by atoms with Gasteiger partial charge in [0.1, 0.15) is 0 Å². The number of aryl methyl sites for hydroxylation is 1. The molecule has 0 aliphatic carbocycles. The van der Waals surface area contributed by atoms with E-state index < -0.39 is 0 Å². The zero-order chi connectivity index (χ0) is 14.4. The first-order chi connectivity index (χ1) is 9.70. The largest absolute Gasteiger partial charge is 0.395 e. The molecular weight excluding hydrogens is 254 g/mol. The lowest BCUT2D eigenvalue weighted by atomic mass is 10.1. The first kappa shape index (κ1) is 14.8. The van der Waals surface area contributed by atoms with Crippen molar-refractivity contribution in [2.45, 2.75) is 13.5 Å². The van der Waals surface area contributed by atoms with E-state index in [4.69, 9.17) is 5.11 Å². The summed E-state index contributed by atoms with van der Waals surface area (Å²) < 4.78 is 0. The van der Waals surface area contributed by atoms with Gasteiger partial charge in [-0.1, -0.05) is 24.3 Å². The number of amides is 2. The van der Waals surface area contributed by atoms with Crippen LogP contribution in [0.1, 0.15) is 11.1 Å². The number of aliphatic hydroxyl groups excluding tert-OH is 1. The van der Waals surface area contributed by atoms with Gasteiger partial charge in [0.2, 0.25) is 0 Å². The number of nitrogens with one attached hydrogen (secondary N) is 1. The third-order valence-corrected chi connectivity index (χ3v) is 3.77. The summed E-state index contributed by atoms with van der Waals surface area (Å²) in [5.41, 5.74) is 2.35. The van der Waals surface area contributed by atoms with Crippen molar-refractivity contribution in [1.82, 2.24) is 15.1 Å². The van der Waals surface area contributed by atoms with Crippen LogP contribution in [0.25, 0.3) is 0 Å². The van der Waals surface area contributed by atoms with Crippen molar-refractivity contribution in [3.05, 3.63) is 35.4 Å². The van der Waals surface area contributed by atoms with Crippen LogP contribution in [0.4, 0.5) is 4.79 Å². The van der Waals surface area contributed by atoms with E-state index in [0.29, 0.717) is 13.1 Å². The van der Waals surface area contributed by atoms with Crippen LogP contribution in [0.15, 0.2) is 24.3 Å². The molecule has 1 aromatic rings. The van der Waals surface area contributed by atoms with Crippen molar-refractivity contribution >= 4 is 6.03 Å². The number of aliphatic hydroxyl groups is 1. The van der Waals surface area contributed by atoms with E-state index in [-0.39, 0.29) is 12.6 Å². The van der Waals surface area contributed by atoms with Crippen molar-refractivity contribution < 1.29 is 9.90 Å². The number of piperazine rings is 1. The summed E-state index contributed by atoms with van der Waals surface area (Å²) in [7, 11) is 0. The third kappa shape index (κ3) is 3.95. The molecule has 0 saturated carbocycles. The Kier molecular flexibility index (Phi) is 5.38. The molecule has 1 aliphatic rings. The smallest absolute Gasteiger partial charge is 0.317 e. The van der Waals surface area contributed by atoms with Crippen LogP contribution in [-0.2, 0) is 6.54 Å².